The number of carbonyl (C=O) groups is 1. The molecule has 0 radical (unpaired) electrons. The van der Waals surface area contributed by atoms with Crippen LogP contribution in [0.15, 0.2) is 12.4 Å². The van der Waals surface area contributed by atoms with E-state index in [-0.39, 0.29) is 6.09 Å². The maximum atomic E-state index is 12.8. The molecule has 10 heteroatoms. The smallest absolute Gasteiger partial charge is 0.410 e. The van der Waals surface area contributed by atoms with Crippen LogP contribution in [-0.2, 0) is 11.3 Å². The molecule has 0 unspecified atom stereocenters. The molecule has 4 rings (SSSR count). The minimum absolute atomic E-state index is 0.272. The monoisotopic (exact) mass is 408 g/mol. The van der Waals surface area contributed by atoms with E-state index in [2.05, 4.69) is 20.0 Å². The molecule has 2 fully saturated rings. The lowest BCUT2D eigenvalue weighted by Gasteiger charge is -2.35. The minimum atomic E-state index is -2.50. The SMILES string of the molecule is CC(C)(C)OC(=O)N1CC[C@@H]2CN(c3cnc4cnn(CC(F)F)c4n3)C[C@@H]2C1. The fraction of sp³-hybridized carbons (Fsp3) is 0.684. The molecule has 8 nitrogen and oxygen atoms in total. The predicted molar refractivity (Wildman–Crippen MR) is 103 cm³/mol. The third kappa shape index (κ3) is 4.25. The minimum Gasteiger partial charge on any atom is -0.444 e. The molecule has 2 atom stereocenters. The molecule has 29 heavy (non-hydrogen) atoms. The van der Waals surface area contributed by atoms with Gasteiger partial charge in [0.25, 0.3) is 6.43 Å². The number of hydrogen-bond acceptors (Lipinski definition) is 6. The fourth-order valence-corrected chi connectivity index (χ4v) is 4.10. The zero-order valence-electron chi connectivity index (χ0n) is 16.9. The second-order valence-electron chi connectivity index (χ2n) is 8.79. The molecule has 0 saturated carbocycles. The van der Waals surface area contributed by atoms with Crippen LogP contribution in [0.4, 0.5) is 19.4 Å². The predicted octanol–water partition coefficient (Wildman–Crippen LogP) is 2.78. The van der Waals surface area contributed by atoms with Crippen molar-refractivity contribution in [2.75, 3.05) is 31.1 Å². The number of halogens is 2. The first-order valence-corrected chi connectivity index (χ1v) is 9.89. The summed E-state index contributed by atoms with van der Waals surface area (Å²) in [5.41, 5.74) is 0.358. The number of likely N-dealkylation sites (tertiary alicyclic amines) is 1. The lowest BCUT2D eigenvalue weighted by molar-refractivity contribution is 0.0140. The molecule has 2 aliphatic heterocycles. The lowest BCUT2D eigenvalue weighted by Crippen LogP contribution is -2.45. The summed E-state index contributed by atoms with van der Waals surface area (Å²) in [6.07, 6.45) is 1.25. The molecule has 0 aromatic carbocycles. The number of aromatic nitrogens is 4. The molecule has 2 aliphatic rings. The van der Waals surface area contributed by atoms with Crippen molar-refractivity contribution >= 4 is 23.1 Å². The summed E-state index contributed by atoms with van der Waals surface area (Å²) in [6, 6.07) is 0. The van der Waals surface area contributed by atoms with Crippen LogP contribution in [0.2, 0.25) is 0 Å². The molecular weight excluding hydrogens is 382 g/mol. The number of alkyl halides is 2. The number of carbonyl (C=O) groups excluding carboxylic acids is 1. The van der Waals surface area contributed by atoms with E-state index in [0.717, 1.165) is 19.5 Å². The first kappa shape index (κ1) is 19.8. The van der Waals surface area contributed by atoms with Gasteiger partial charge in [0.15, 0.2) is 5.65 Å². The Kier molecular flexibility index (Phi) is 5.04. The van der Waals surface area contributed by atoms with Crippen LogP contribution < -0.4 is 4.90 Å². The van der Waals surface area contributed by atoms with Crippen molar-refractivity contribution in [3.8, 4) is 0 Å². The van der Waals surface area contributed by atoms with Crippen LogP contribution >= 0.6 is 0 Å². The Labute approximate surface area is 167 Å². The third-order valence-corrected chi connectivity index (χ3v) is 5.42. The molecule has 0 spiro atoms. The van der Waals surface area contributed by atoms with Gasteiger partial charge in [-0.1, -0.05) is 0 Å². The van der Waals surface area contributed by atoms with Crippen molar-refractivity contribution in [3.05, 3.63) is 12.4 Å². The molecule has 2 saturated heterocycles. The molecule has 4 heterocycles. The number of rotatable bonds is 3. The maximum Gasteiger partial charge on any atom is 0.410 e. The van der Waals surface area contributed by atoms with Gasteiger partial charge in [0.2, 0.25) is 0 Å². The second-order valence-corrected chi connectivity index (χ2v) is 8.79. The third-order valence-electron chi connectivity index (χ3n) is 5.42. The van der Waals surface area contributed by atoms with Gasteiger partial charge in [0, 0.05) is 26.2 Å². The molecule has 2 aromatic heterocycles. The van der Waals surface area contributed by atoms with Gasteiger partial charge >= 0.3 is 6.09 Å². The van der Waals surface area contributed by atoms with Gasteiger partial charge in [-0.05, 0) is 39.0 Å². The van der Waals surface area contributed by atoms with E-state index in [1.165, 1.54) is 10.9 Å². The van der Waals surface area contributed by atoms with E-state index < -0.39 is 18.6 Å². The van der Waals surface area contributed by atoms with Crippen LogP contribution in [-0.4, -0.2) is 68.9 Å². The van der Waals surface area contributed by atoms with Gasteiger partial charge in [-0.15, -0.1) is 0 Å². The highest BCUT2D eigenvalue weighted by Gasteiger charge is 2.40. The van der Waals surface area contributed by atoms with Gasteiger partial charge in [0.05, 0.1) is 12.4 Å². The summed E-state index contributed by atoms with van der Waals surface area (Å²) in [6.45, 7) is 7.97. The van der Waals surface area contributed by atoms with Crippen LogP contribution in [0, 0.1) is 11.8 Å². The van der Waals surface area contributed by atoms with E-state index in [1.807, 2.05) is 20.8 Å². The zero-order chi connectivity index (χ0) is 20.8. The quantitative estimate of drug-likeness (QED) is 0.777. The number of nitrogens with zero attached hydrogens (tertiary/aromatic N) is 6. The van der Waals surface area contributed by atoms with Crippen molar-refractivity contribution < 1.29 is 18.3 Å². The molecular formula is C19H26F2N6O2. The van der Waals surface area contributed by atoms with E-state index in [0.29, 0.717) is 41.9 Å². The van der Waals surface area contributed by atoms with E-state index in [9.17, 15) is 13.6 Å². The van der Waals surface area contributed by atoms with Crippen LogP contribution in [0.1, 0.15) is 27.2 Å². The molecule has 158 valence electrons. The second kappa shape index (κ2) is 7.38. The maximum absolute atomic E-state index is 12.8. The Morgan fingerprint density at radius 2 is 2.00 bits per heavy atom. The van der Waals surface area contributed by atoms with E-state index in [1.54, 1.807) is 11.1 Å². The summed E-state index contributed by atoms with van der Waals surface area (Å²) in [5, 5.41) is 3.97. The fourth-order valence-electron chi connectivity index (χ4n) is 4.10. The Morgan fingerprint density at radius 3 is 2.72 bits per heavy atom. The zero-order valence-corrected chi connectivity index (χ0v) is 16.9. The van der Waals surface area contributed by atoms with Crippen molar-refractivity contribution in [2.45, 2.75) is 45.8 Å². The van der Waals surface area contributed by atoms with Gasteiger partial charge in [-0.3, -0.25) is 0 Å². The normalized spacial score (nSPS) is 22.4. The first-order chi connectivity index (χ1) is 13.7. The van der Waals surface area contributed by atoms with Crippen molar-refractivity contribution in [2.24, 2.45) is 11.8 Å². The topological polar surface area (TPSA) is 76.4 Å². The highest BCUT2D eigenvalue weighted by molar-refractivity contribution is 5.71. The van der Waals surface area contributed by atoms with Gasteiger partial charge in [-0.25, -0.2) is 28.2 Å². The molecule has 0 bridgehead atoms. The van der Waals surface area contributed by atoms with Crippen LogP contribution in [0.25, 0.3) is 11.2 Å². The average molecular weight is 408 g/mol. The van der Waals surface area contributed by atoms with Crippen molar-refractivity contribution in [3.63, 3.8) is 0 Å². The summed E-state index contributed by atoms with van der Waals surface area (Å²) in [7, 11) is 0. The number of ether oxygens (including phenoxy) is 1. The largest absolute Gasteiger partial charge is 0.444 e. The number of fused-ring (bicyclic) bond motifs is 2. The van der Waals surface area contributed by atoms with E-state index >= 15 is 0 Å². The van der Waals surface area contributed by atoms with E-state index in [4.69, 9.17) is 4.74 Å². The molecule has 2 aromatic rings. The standard InChI is InChI=1S/C19H26F2N6O2/c1-19(2,3)29-18(28)25-5-4-12-8-26(10-13(12)9-25)16-7-22-14-6-23-27(11-15(20)21)17(14)24-16/h6-7,12-13,15H,4-5,8-11H2,1-3H3/t12-,13+/m1/s1. The van der Waals surface area contributed by atoms with Crippen LogP contribution in [0.3, 0.4) is 0 Å². The van der Waals surface area contributed by atoms with Gasteiger partial charge in [-0.2, -0.15) is 5.10 Å². The Bertz CT molecular complexity index is 896. The van der Waals surface area contributed by atoms with Crippen LogP contribution in [0.5, 0.6) is 0 Å². The molecule has 1 amide bonds. The highest BCUT2D eigenvalue weighted by Crippen LogP contribution is 2.34. The Balaban J connectivity index is 1.46. The number of hydrogen-bond donors (Lipinski definition) is 0. The summed E-state index contributed by atoms with van der Waals surface area (Å²) >= 11 is 0. The number of anilines is 1. The number of piperidine rings is 1. The van der Waals surface area contributed by atoms with Gasteiger partial charge < -0.3 is 14.5 Å². The Morgan fingerprint density at radius 1 is 1.24 bits per heavy atom. The van der Waals surface area contributed by atoms with Gasteiger partial charge in [0.1, 0.15) is 23.5 Å². The lowest BCUT2D eigenvalue weighted by atomic mass is 9.89. The van der Waals surface area contributed by atoms with Crippen molar-refractivity contribution in [1.29, 1.82) is 0 Å². The first-order valence-electron chi connectivity index (χ1n) is 9.89. The highest BCUT2D eigenvalue weighted by atomic mass is 19.3. The molecule has 0 N–H and O–H groups in total. The summed E-state index contributed by atoms with van der Waals surface area (Å²) in [4.78, 5) is 25.2. The average Bonchev–Trinajstić information content (AvgIpc) is 3.23. The van der Waals surface area contributed by atoms with Crippen molar-refractivity contribution in [1.82, 2.24) is 24.6 Å². The summed E-state index contributed by atoms with van der Waals surface area (Å²) < 4.78 is 32.2. The number of amides is 1. The Hall–Kier alpha value is -2.52. The summed E-state index contributed by atoms with van der Waals surface area (Å²) in [5.74, 6) is 1.43. The molecule has 0 aliphatic carbocycles.